The number of hydrogen-bond acceptors (Lipinski definition) is 3. The number of thioether (sulfide) groups is 1. The van der Waals surface area contributed by atoms with Crippen LogP contribution in [0.25, 0.3) is 0 Å². The van der Waals surface area contributed by atoms with Gasteiger partial charge in [-0.3, -0.25) is 4.98 Å². The largest absolute Gasteiger partial charge is 0.284 e. The van der Waals surface area contributed by atoms with E-state index in [0.717, 1.165) is 10.4 Å². The van der Waals surface area contributed by atoms with Gasteiger partial charge in [0.2, 0.25) is 0 Å². The second-order valence-electron chi connectivity index (χ2n) is 2.07. The zero-order valence-electron chi connectivity index (χ0n) is 6.24. The Morgan fingerprint density at radius 2 is 2.45 bits per heavy atom. The van der Waals surface area contributed by atoms with Crippen LogP contribution in [0.3, 0.4) is 0 Å². The molecule has 0 saturated heterocycles. The summed E-state index contributed by atoms with van der Waals surface area (Å²) in [6, 6.07) is 1.99. The summed E-state index contributed by atoms with van der Waals surface area (Å²) in [7, 11) is 0.446. The fraction of sp³-hybridized carbons (Fsp3) is 0.143. The van der Waals surface area contributed by atoms with E-state index in [4.69, 9.17) is 5.26 Å². The van der Waals surface area contributed by atoms with E-state index in [-0.39, 0.29) is 0 Å². The minimum absolute atomic E-state index is 0.446. The molecule has 0 aliphatic carbocycles. The van der Waals surface area contributed by atoms with Crippen molar-refractivity contribution in [2.24, 2.45) is 0 Å². The van der Waals surface area contributed by atoms with Crippen LogP contribution < -0.4 is 5.46 Å². The molecule has 0 spiro atoms. The van der Waals surface area contributed by atoms with Crippen LogP contribution in [-0.4, -0.2) is 18.5 Å². The predicted molar refractivity (Wildman–Crippen MR) is 48.4 cm³/mol. The van der Waals surface area contributed by atoms with E-state index >= 15 is 0 Å². The van der Waals surface area contributed by atoms with Crippen molar-refractivity contribution in [2.45, 2.75) is 4.90 Å². The molecule has 0 aliphatic rings. The van der Waals surface area contributed by atoms with E-state index in [2.05, 4.69) is 11.0 Å². The minimum Gasteiger partial charge on any atom is -0.264 e. The summed E-state index contributed by atoms with van der Waals surface area (Å²) in [4.78, 5) is 5.11. The van der Waals surface area contributed by atoms with Crippen LogP contribution in [0.1, 0.15) is 0 Å². The van der Waals surface area contributed by atoms with E-state index < -0.39 is 0 Å². The maximum Gasteiger partial charge on any atom is 0.284 e. The molecule has 0 amide bonds. The first-order chi connectivity index (χ1) is 5.36. The second kappa shape index (κ2) is 4.04. The Hall–Kier alpha value is -0.945. The summed E-state index contributed by atoms with van der Waals surface area (Å²) in [5.74, 6) is 2.09. The van der Waals surface area contributed by atoms with Crippen LogP contribution in [0.4, 0.5) is 0 Å². The van der Waals surface area contributed by atoms with Crippen LogP contribution in [-0.2, 0) is 0 Å². The Morgan fingerprint density at radius 3 is 3.09 bits per heavy atom. The van der Waals surface area contributed by atoms with Gasteiger partial charge < -0.3 is 0 Å². The third kappa shape index (κ3) is 2.28. The molecular weight excluding hydrogens is 155 g/mol. The van der Waals surface area contributed by atoms with Crippen LogP contribution in [0, 0.1) is 11.2 Å². The summed E-state index contributed by atoms with van der Waals surface area (Å²) < 4.78 is 0. The minimum atomic E-state index is 0.446. The average molecular weight is 162 g/mol. The third-order valence-electron chi connectivity index (χ3n) is 1.29. The number of hydrogen-bond donors (Lipinski definition) is 0. The summed E-state index contributed by atoms with van der Waals surface area (Å²) >= 11 is 1.64. The number of nitrogens with zero attached hydrogens (tertiary/aromatic N) is 2. The SMILES string of the molecule is CSc1cncc(BC#N)c1. The van der Waals surface area contributed by atoms with Gasteiger partial charge in [-0.1, -0.05) is 6.07 Å². The van der Waals surface area contributed by atoms with Gasteiger partial charge in [-0.25, -0.2) is 5.26 Å². The molecule has 54 valence electrons. The number of rotatable bonds is 2. The van der Waals surface area contributed by atoms with Crippen molar-refractivity contribution in [2.75, 3.05) is 6.26 Å². The summed E-state index contributed by atoms with van der Waals surface area (Å²) in [6.07, 6.45) is 5.52. The molecule has 0 unspecified atom stereocenters. The molecular formula is C7H7BN2S. The number of pyridine rings is 1. The van der Waals surface area contributed by atoms with Gasteiger partial charge in [0.1, 0.15) is 0 Å². The lowest BCUT2D eigenvalue weighted by molar-refractivity contribution is 1.26. The fourth-order valence-electron chi connectivity index (χ4n) is 0.763. The van der Waals surface area contributed by atoms with Crippen LogP contribution in [0.15, 0.2) is 23.4 Å². The molecule has 2 nitrogen and oxygen atoms in total. The first-order valence-electron chi connectivity index (χ1n) is 3.21. The highest BCUT2D eigenvalue weighted by Crippen LogP contribution is 2.09. The van der Waals surface area contributed by atoms with Gasteiger partial charge in [-0.05, 0) is 11.7 Å². The highest BCUT2D eigenvalue weighted by Gasteiger charge is 1.95. The molecule has 0 fully saturated rings. The topological polar surface area (TPSA) is 36.7 Å². The van der Waals surface area contributed by atoms with E-state index in [1.807, 2.05) is 12.3 Å². The van der Waals surface area contributed by atoms with Crippen molar-refractivity contribution >= 4 is 24.5 Å². The monoisotopic (exact) mass is 162 g/mol. The first kappa shape index (κ1) is 8.15. The molecule has 11 heavy (non-hydrogen) atoms. The van der Waals surface area contributed by atoms with Crippen molar-refractivity contribution < 1.29 is 0 Å². The molecule has 1 rings (SSSR count). The quantitative estimate of drug-likeness (QED) is 0.465. The highest BCUT2D eigenvalue weighted by atomic mass is 32.2. The zero-order valence-corrected chi connectivity index (χ0v) is 7.06. The molecule has 1 aromatic rings. The highest BCUT2D eigenvalue weighted by molar-refractivity contribution is 7.98. The number of aromatic nitrogens is 1. The molecule has 0 N–H and O–H groups in total. The Kier molecular flexibility index (Phi) is 3.00. The van der Waals surface area contributed by atoms with E-state index in [1.54, 1.807) is 24.2 Å². The molecule has 0 aliphatic heterocycles. The average Bonchev–Trinajstić information content (AvgIpc) is 2.06. The molecule has 0 radical (unpaired) electrons. The molecule has 4 heteroatoms. The number of nitriles is 1. The Balaban J connectivity index is 2.84. The Labute approximate surface area is 70.9 Å². The predicted octanol–water partition coefficient (Wildman–Crippen LogP) is 0.346. The third-order valence-corrected chi connectivity index (χ3v) is 1.98. The van der Waals surface area contributed by atoms with Gasteiger partial charge >= 0.3 is 0 Å². The van der Waals surface area contributed by atoms with Crippen LogP contribution in [0.2, 0.25) is 0 Å². The maximum atomic E-state index is 8.40. The van der Waals surface area contributed by atoms with Crippen molar-refractivity contribution in [3.05, 3.63) is 18.5 Å². The molecule has 0 atom stereocenters. The van der Waals surface area contributed by atoms with E-state index in [0.29, 0.717) is 7.28 Å². The fourth-order valence-corrected chi connectivity index (χ4v) is 1.20. The second-order valence-corrected chi connectivity index (χ2v) is 2.95. The molecule has 0 bridgehead atoms. The van der Waals surface area contributed by atoms with Gasteiger partial charge in [0, 0.05) is 23.3 Å². The lowest BCUT2D eigenvalue weighted by Gasteiger charge is -1.95. The van der Waals surface area contributed by atoms with Crippen molar-refractivity contribution in [1.82, 2.24) is 4.98 Å². The van der Waals surface area contributed by atoms with E-state index in [1.165, 1.54) is 0 Å². The van der Waals surface area contributed by atoms with Crippen LogP contribution in [0.5, 0.6) is 0 Å². The lowest BCUT2D eigenvalue weighted by Crippen LogP contribution is -2.12. The van der Waals surface area contributed by atoms with Crippen molar-refractivity contribution in [3.63, 3.8) is 0 Å². The first-order valence-corrected chi connectivity index (χ1v) is 4.44. The molecule has 1 heterocycles. The Morgan fingerprint density at radius 1 is 1.64 bits per heavy atom. The van der Waals surface area contributed by atoms with Gasteiger partial charge in [0.15, 0.2) is 0 Å². The van der Waals surface area contributed by atoms with Gasteiger partial charge in [-0.2, -0.15) is 0 Å². The van der Waals surface area contributed by atoms with Gasteiger partial charge in [0.25, 0.3) is 7.28 Å². The smallest absolute Gasteiger partial charge is 0.264 e. The van der Waals surface area contributed by atoms with Crippen molar-refractivity contribution in [1.29, 1.82) is 5.26 Å². The Bertz CT molecular complexity index is 282. The van der Waals surface area contributed by atoms with Crippen molar-refractivity contribution in [3.8, 4) is 5.97 Å². The maximum absolute atomic E-state index is 8.40. The lowest BCUT2D eigenvalue weighted by atomic mass is 9.74. The molecule has 1 aromatic heterocycles. The van der Waals surface area contributed by atoms with Crippen LogP contribution >= 0.6 is 11.8 Å². The summed E-state index contributed by atoms with van der Waals surface area (Å²) in [6.45, 7) is 0. The summed E-state index contributed by atoms with van der Waals surface area (Å²) in [5.41, 5.74) is 0.986. The molecule has 0 aromatic carbocycles. The van der Waals surface area contributed by atoms with Gasteiger partial charge in [0.05, 0.1) is 0 Å². The van der Waals surface area contributed by atoms with Gasteiger partial charge in [-0.15, -0.1) is 11.8 Å². The zero-order chi connectivity index (χ0) is 8.10. The summed E-state index contributed by atoms with van der Waals surface area (Å²) in [5, 5.41) is 8.40. The standard InChI is InChI=1S/C7H7BN2S/c1-11-7-2-6(8-5-9)3-10-4-7/h2-4,8H,1H3. The van der Waals surface area contributed by atoms with E-state index in [9.17, 15) is 0 Å². The normalized spacial score (nSPS) is 8.73. The molecule has 0 saturated carbocycles.